The van der Waals surface area contributed by atoms with Crippen molar-refractivity contribution in [1.29, 1.82) is 0 Å². The Kier molecular flexibility index (Phi) is 6.35. The summed E-state index contributed by atoms with van der Waals surface area (Å²) < 4.78 is 28.7. The number of benzene rings is 4. The molecular formula is C28H21ClF2. The maximum absolute atomic E-state index is 15.0. The van der Waals surface area contributed by atoms with E-state index in [0.29, 0.717) is 23.8 Å². The lowest BCUT2D eigenvalue weighted by Gasteiger charge is -2.08. The molecule has 154 valence electrons. The molecule has 0 amide bonds. The first-order valence-corrected chi connectivity index (χ1v) is 10.7. The van der Waals surface area contributed by atoms with E-state index < -0.39 is 5.82 Å². The summed E-state index contributed by atoms with van der Waals surface area (Å²) in [5.74, 6) is 5.64. The molecule has 4 aromatic carbocycles. The molecule has 0 aliphatic heterocycles. The van der Waals surface area contributed by atoms with Crippen LogP contribution in [0.2, 0.25) is 5.02 Å². The van der Waals surface area contributed by atoms with E-state index >= 15 is 4.39 Å². The Bertz CT molecular complexity index is 1290. The minimum Gasteiger partial charge on any atom is -0.206 e. The second-order valence-corrected chi connectivity index (χ2v) is 7.93. The van der Waals surface area contributed by atoms with Gasteiger partial charge in [0.05, 0.1) is 5.02 Å². The minimum absolute atomic E-state index is 0.0949. The molecule has 0 bridgehead atoms. The van der Waals surface area contributed by atoms with Crippen LogP contribution in [0.3, 0.4) is 0 Å². The molecule has 0 heterocycles. The summed E-state index contributed by atoms with van der Waals surface area (Å²) in [6.07, 6.45) is 2.03. The number of rotatable bonds is 4. The molecule has 0 spiro atoms. The Morgan fingerprint density at radius 3 is 2.19 bits per heavy atom. The fraction of sp³-hybridized carbons (Fsp3) is 0.143. The number of halogens is 3. The highest BCUT2D eigenvalue weighted by molar-refractivity contribution is 6.30. The Balaban J connectivity index is 1.53. The number of aryl methyl sites for hydroxylation is 3. The van der Waals surface area contributed by atoms with Crippen LogP contribution in [0.25, 0.3) is 10.8 Å². The van der Waals surface area contributed by atoms with Gasteiger partial charge in [0.25, 0.3) is 0 Å². The van der Waals surface area contributed by atoms with Gasteiger partial charge >= 0.3 is 0 Å². The lowest BCUT2D eigenvalue weighted by atomic mass is 9.99. The molecule has 0 aliphatic rings. The van der Waals surface area contributed by atoms with Crippen molar-refractivity contribution in [2.24, 2.45) is 0 Å². The summed E-state index contributed by atoms with van der Waals surface area (Å²) in [6, 6.07) is 22.1. The topological polar surface area (TPSA) is 0 Å². The van der Waals surface area contributed by atoms with Crippen molar-refractivity contribution in [2.75, 3.05) is 0 Å². The molecule has 0 saturated carbocycles. The summed E-state index contributed by atoms with van der Waals surface area (Å²) in [5, 5.41) is 1.47. The third-order valence-corrected chi connectivity index (χ3v) is 5.72. The summed E-state index contributed by atoms with van der Waals surface area (Å²) in [6.45, 7) is 2.12. The SMILES string of the molecule is CCc1ccc(C#Cc2ccc3c(F)c(CCc4ccc(Cl)c(F)c4)ccc3c2)cc1. The summed E-state index contributed by atoms with van der Waals surface area (Å²) in [4.78, 5) is 0. The van der Waals surface area contributed by atoms with Gasteiger partial charge in [-0.2, -0.15) is 0 Å². The molecule has 0 radical (unpaired) electrons. The monoisotopic (exact) mass is 430 g/mol. The highest BCUT2D eigenvalue weighted by Crippen LogP contribution is 2.24. The molecule has 31 heavy (non-hydrogen) atoms. The second-order valence-electron chi connectivity index (χ2n) is 7.52. The minimum atomic E-state index is -0.451. The maximum atomic E-state index is 15.0. The van der Waals surface area contributed by atoms with E-state index in [1.54, 1.807) is 18.2 Å². The van der Waals surface area contributed by atoms with Crippen LogP contribution in [-0.4, -0.2) is 0 Å². The highest BCUT2D eigenvalue weighted by Gasteiger charge is 2.09. The number of fused-ring (bicyclic) bond motifs is 1. The van der Waals surface area contributed by atoms with Gasteiger partial charge < -0.3 is 0 Å². The van der Waals surface area contributed by atoms with E-state index in [0.717, 1.165) is 28.5 Å². The number of hydrogen-bond acceptors (Lipinski definition) is 0. The zero-order valence-electron chi connectivity index (χ0n) is 17.2. The lowest BCUT2D eigenvalue weighted by molar-refractivity contribution is 0.617. The zero-order chi connectivity index (χ0) is 21.8. The van der Waals surface area contributed by atoms with Crippen LogP contribution in [0.1, 0.15) is 34.7 Å². The van der Waals surface area contributed by atoms with Gasteiger partial charge in [-0.15, -0.1) is 0 Å². The second kappa shape index (κ2) is 9.33. The van der Waals surface area contributed by atoms with E-state index in [2.05, 4.69) is 30.9 Å². The van der Waals surface area contributed by atoms with Crippen LogP contribution in [0.5, 0.6) is 0 Å². The molecule has 0 unspecified atom stereocenters. The van der Waals surface area contributed by atoms with E-state index in [9.17, 15) is 4.39 Å². The molecule has 4 aromatic rings. The van der Waals surface area contributed by atoms with Crippen LogP contribution < -0.4 is 0 Å². The summed E-state index contributed by atoms with van der Waals surface area (Å²) in [7, 11) is 0. The van der Waals surface area contributed by atoms with Gasteiger partial charge in [0.15, 0.2) is 0 Å². The van der Waals surface area contributed by atoms with Crippen LogP contribution >= 0.6 is 11.6 Å². The van der Waals surface area contributed by atoms with E-state index in [1.165, 1.54) is 17.7 Å². The highest BCUT2D eigenvalue weighted by atomic mass is 35.5. The average molecular weight is 431 g/mol. The van der Waals surface area contributed by atoms with Gasteiger partial charge in [0.1, 0.15) is 11.6 Å². The fourth-order valence-corrected chi connectivity index (χ4v) is 3.67. The van der Waals surface area contributed by atoms with Crippen molar-refractivity contribution in [2.45, 2.75) is 26.2 Å². The van der Waals surface area contributed by atoms with E-state index in [1.807, 2.05) is 30.3 Å². The standard InChI is InChI=1S/C28H21ClF2/c1-2-19-3-5-20(6-4-19)7-8-21-10-15-25-24(17-21)14-13-23(28(25)31)12-9-22-11-16-26(29)27(30)18-22/h3-6,10-11,13-18H,2,9,12H2,1H3. The van der Waals surface area contributed by atoms with Crippen molar-refractivity contribution in [3.63, 3.8) is 0 Å². The van der Waals surface area contributed by atoms with Crippen LogP contribution in [0.4, 0.5) is 8.78 Å². The van der Waals surface area contributed by atoms with Crippen molar-refractivity contribution < 1.29 is 8.78 Å². The van der Waals surface area contributed by atoms with Crippen LogP contribution in [-0.2, 0) is 19.3 Å². The lowest BCUT2D eigenvalue weighted by Crippen LogP contribution is -1.97. The van der Waals surface area contributed by atoms with Crippen molar-refractivity contribution in [3.8, 4) is 11.8 Å². The van der Waals surface area contributed by atoms with Gasteiger partial charge in [0, 0.05) is 16.5 Å². The Hall–Kier alpha value is -3.15. The Labute approximate surface area is 186 Å². The van der Waals surface area contributed by atoms with E-state index in [4.69, 9.17) is 11.6 Å². The first-order chi connectivity index (χ1) is 15.0. The molecular weight excluding hydrogens is 410 g/mol. The molecule has 0 aliphatic carbocycles. The first-order valence-electron chi connectivity index (χ1n) is 10.3. The maximum Gasteiger partial charge on any atom is 0.142 e. The predicted molar refractivity (Wildman–Crippen MR) is 125 cm³/mol. The smallest absolute Gasteiger partial charge is 0.142 e. The molecule has 0 aromatic heterocycles. The van der Waals surface area contributed by atoms with Crippen molar-refractivity contribution >= 4 is 22.4 Å². The molecule has 0 fully saturated rings. The average Bonchev–Trinajstić information content (AvgIpc) is 2.80. The molecule has 0 N–H and O–H groups in total. The molecule has 0 nitrogen and oxygen atoms in total. The van der Waals surface area contributed by atoms with Crippen molar-refractivity contribution in [1.82, 2.24) is 0 Å². The fourth-order valence-electron chi connectivity index (χ4n) is 3.55. The zero-order valence-corrected chi connectivity index (χ0v) is 17.9. The first kappa shape index (κ1) is 21.1. The van der Waals surface area contributed by atoms with Crippen LogP contribution in [0.15, 0.2) is 72.8 Å². The quantitative estimate of drug-likeness (QED) is 0.294. The number of hydrogen-bond donors (Lipinski definition) is 0. The molecule has 4 rings (SSSR count). The normalized spacial score (nSPS) is 10.7. The Morgan fingerprint density at radius 1 is 0.742 bits per heavy atom. The van der Waals surface area contributed by atoms with Crippen LogP contribution in [0, 0.1) is 23.5 Å². The van der Waals surface area contributed by atoms with Gasteiger partial charge in [0.2, 0.25) is 0 Å². The third-order valence-electron chi connectivity index (χ3n) is 5.41. The molecule has 3 heteroatoms. The van der Waals surface area contributed by atoms with Gasteiger partial charge in [-0.3, -0.25) is 0 Å². The molecule has 0 atom stereocenters. The van der Waals surface area contributed by atoms with Crippen molar-refractivity contribution in [3.05, 3.63) is 117 Å². The largest absolute Gasteiger partial charge is 0.206 e. The third kappa shape index (κ3) is 4.95. The summed E-state index contributed by atoms with van der Waals surface area (Å²) in [5.41, 5.74) is 4.48. The summed E-state index contributed by atoms with van der Waals surface area (Å²) >= 11 is 5.73. The predicted octanol–water partition coefficient (Wildman–Crippen LogP) is 7.52. The van der Waals surface area contributed by atoms with Gasteiger partial charge in [-0.05, 0) is 77.7 Å². The Morgan fingerprint density at radius 2 is 1.45 bits per heavy atom. The van der Waals surface area contributed by atoms with Gasteiger partial charge in [-0.1, -0.05) is 66.8 Å². The van der Waals surface area contributed by atoms with E-state index in [-0.39, 0.29) is 10.8 Å². The van der Waals surface area contributed by atoms with Gasteiger partial charge in [-0.25, -0.2) is 8.78 Å². The molecule has 0 saturated heterocycles.